The van der Waals surface area contributed by atoms with Gasteiger partial charge in [-0.3, -0.25) is 9.78 Å². The third-order valence-corrected chi connectivity index (χ3v) is 4.00. The van der Waals surface area contributed by atoms with E-state index in [4.69, 9.17) is 11.6 Å². The maximum absolute atomic E-state index is 12.3. The highest BCUT2D eigenvalue weighted by Crippen LogP contribution is 2.22. The molecule has 3 aromatic rings. The molecule has 0 bridgehead atoms. The van der Waals surface area contributed by atoms with Crippen molar-refractivity contribution in [3.8, 4) is 11.3 Å². The Kier molecular flexibility index (Phi) is 5.29. The summed E-state index contributed by atoms with van der Waals surface area (Å²) in [6.07, 6.45) is 1.84. The third-order valence-electron chi connectivity index (χ3n) is 3.77. The lowest BCUT2D eigenvalue weighted by Gasteiger charge is -2.09. The molecule has 5 nitrogen and oxygen atoms in total. The molecule has 0 saturated carbocycles. The number of benzene rings is 2. The van der Waals surface area contributed by atoms with Crippen LogP contribution in [0.15, 0.2) is 66.9 Å². The SMILES string of the molecule is O=C(Cc1ccc(-c2ccccn2)cc1)Nc1cc(Cl)ccc1C(=O)O. The number of hydrogen-bond acceptors (Lipinski definition) is 3. The summed E-state index contributed by atoms with van der Waals surface area (Å²) in [5.74, 6) is -1.45. The lowest BCUT2D eigenvalue weighted by molar-refractivity contribution is -0.115. The van der Waals surface area contributed by atoms with Crippen molar-refractivity contribution < 1.29 is 14.7 Å². The van der Waals surface area contributed by atoms with E-state index in [1.807, 2.05) is 42.5 Å². The number of rotatable bonds is 5. The van der Waals surface area contributed by atoms with Gasteiger partial charge >= 0.3 is 5.97 Å². The minimum Gasteiger partial charge on any atom is -0.478 e. The van der Waals surface area contributed by atoms with Crippen molar-refractivity contribution >= 4 is 29.2 Å². The highest BCUT2D eigenvalue weighted by atomic mass is 35.5. The Morgan fingerprint density at radius 2 is 1.81 bits per heavy atom. The van der Waals surface area contributed by atoms with Gasteiger partial charge < -0.3 is 10.4 Å². The maximum Gasteiger partial charge on any atom is 0.337 e. The Bertz CT molecular complexity index is 941. The molecule has 0 radical (unpaired) electrons. The molecule has 2 N–H and O–H groups in total. The van der Waals surface area contributed by atoms with Crippen LogP contribution in [0.25, 0.3) is 11.3 Å². The molecule has 1 heterocycles. The number of nitrogens with zero attached hydrogens (tertiary/aromatic N) is 1. The number of carboxylic acid groups (broad SMARTS) is 1. The Labute approximate surface area is 155 Å². The molecule has 0 fully saturated rings. The third kappa shape index (κ3) is 4.26. The van der Waals surface area contributed by atoms with Crippen LogP contribution >= 0.6 is 11.6 Å². The minimum atomic E-state index is -1.13. The number of aromatic nitrogens is 1. The van der Waals surface area contributed by atoms with Crippen LogP contribution in [0.4, 0.5) is 5.69 Å². The molecule has 2 aromatic carbocycles. The Morgan fingerprint density at radius 3 is 2.46 bits per heavy atom. The molecular formula is C20H15ClN2O3. The van der Waals surface area contributed by atoms with Crippen molar-refractivity contribution in [2.45, 2.75) is 6.42 Å². The van der Waals surface area contributed by atoms with Gasteiger partial charge in [-0.15, -0.1) is 0 Å². The molecule has 130 valence electrons. The van der Waals surface area contributed by atoms with E-state index in [0.717, 1.165) is 16.8 Å². The number of aromatic carboxylic acids is 1. The van der Waals surface area contributed by atoms with Gasteiger partial charge in [0.1, 0.15) is 0 Å². The Morgan fingerprint density at radius 1 is 1.04 bits per heavy atom. The predicted molar refractivity (Wildman–Crippen MR) is 100 cm³/mol. The second kappa shape index (κ2) is 7.80. The molecule has 0 aliphatic rings. The summed E-state index contributed by atoms with van der Waals surface area (Å²) in [5, 5.41) is 12.2. The summed E-state index contributed by atoms with van der Waals surface area (Å²) in [7, 11) is 0. The van der Waals surface area contributed by atoms with Crippen molar-refractivity contribution in [1.29, 1.82) is 0 Å². The van der Waals surface area contributed by atoms with Gasteiger partial charge in [-0.05, 0) is 35.9 Å². The second-order valence-corrected chi connectivity index (χ2v) is 6.07. The van der Waals surface area contributed by atoms with E-state index < -0.39 is 5.97 Å². The lowest BCUT2D eigenvalue weighted by atomic mass is 10.1. The van der Waals surface area contributed by atoms with E-state index in [1.54, 1.807) is 6.20 Å². The van der Waals surface area contributed by atoms with Crippen molar-refractivity contribution in [1.82, 2.24) is 4.98 Å². The van der Waals surface area contributed by atoms with Gasteiger partial charge in [0.15, 0.2) is 0 Å². The first-order chi connectivity index (χ1) is 12.5. The van der Waals surface area contributed by atoms with Gasteiger partial charge in [0.25, 0.3) is 0 Å². The van der Waals surface area contributed by atoms with E-state index in [0.29, 0.717) is 5.02 Å². The summed E-state index contributed by atoms with van der Waals surface area (Å²) in [5.41, 5.74) is 2.79. The zero-order chi connectivity index (χ0) is 18.5. The predicted octanol–water partition coefficient (Wildman–Crippen LogP) is 4.28. The van der Waals surface area contributed by atoms with Gasteiger partial charge in [-0.25, -0.2) is 4.79 Å². The molecule has 0 atom stereocenters. The normalized spacial score (nSPS) is 10.3. The smallest absolute Gasteiger partial charge is 0.337 e. The van der Waals surface area contributed by atoms with E-state index in [9.17, 15) is 14.7 Å². The Hall–Kier alpha value is -3.18. The quantitative estimate of drug-likeness (QED) is 0.706. The molecule has 3 rings (SSSR count). The van der Waals surface area contributed by atoms with E-state index >= 15 is 0 Å². The summed E-state index contributed by atoms with van der Waals surface area (Å²) < 4.78 is 0. The molecule has 0 spiro atoms. The van der Waals surface area contributed by atoms with Crippen molar-refractivity contribution in [2.24, 2.45) is 0 Å². The molecule has 0 aliphatic carbocycles. The number of carbonyl (C=O) groups excluding carboxylic acids is 1. The first-order valence-electron chi connectivity index (χ1n) is 7.86. The number of halogens is 1. The molecular weight excluding hydrogens is 352 g/mol. The fourth-order valence-electron chi connectivity index (χ4n) is 2.51. The van der Waals surface area contributed by atoms with Crippen LogP contribution in [0.2, 0.25) is 5.02 Å². The topological polar surface area (TPSA) is 79.3 Å². The van der Waals surface area contributed by atoms with E-state index in [-0.39, 0.29) is 23.6 Å². The molecule has 1 amide bonds. The number of hydrogen-bond donors (Lipinski definition) is 2. The first kappa shape index (κ1) is 17.6. The number of carbonyl (C=O) groups is 2. The number of amides is 1. The van der Waals surface area contributed by atoms with Gasteiger partial charge in [0.2, 0.25) is 5.91 Å². The van der Waals surface area contributed by atoms with E-state index in [2.05, 4.69) is 10.3 Å². The summed E-state index contributed by atoms with van der Waals surface area (Å²) in [6.45, 7) is 0. The van der Waals surface area contributed by atoms with Crippen LogP contribution in [0.1, 0.15) is 15.9 Å². The van der Waals surface area contributed by atoms with E-state index in [1.165, 1.54) is 18.2 Å². The fourth-order valence-corrected chi connectivity index (χ4v) is 2.69. The number of carboxylic acids is 1. The second-order valence-electron chi connectivity index (χ2n) is 5.63. The minimum absolute atomic E-state index is 0.00625. The number of anilines is 1. The molecule has 0 unspecified atom stereocenters. The zero-order valence-electron chi connectivity index (χ0n) is 13.6. The number of pyridine rings is 1. The molecule has 0 aliphatic heterocycles. The average molecular weight is 367 g/mol. The summed E-state index contributed by atoms with van der Waals surface area (Å²) in [6, 6.07) is 17.4. The average Bonchev–Trinajstić information content (AvgIpc) is 2.63. The molecule has 26 heavy (non-hydrogen) atoms. The standard InChI is InChI=1S/C20H15ClN2O3/c21-15-8-9-16(20(25)26)18(12-15)23-19(24)11-13-4-6-14(7-5-13)17-3-1-2-10-22-17/h1-10,12H,11H2,(H,23,24)(H,25,26). The van der Waals surface area contributed by atoms with Crippen LogP contribution in [-0.4, -0.2) is 22.0 Å². The monoisotopic (exact) mass is 366 g/mol. The van der Waals surface area contributed by atoms with Crippen molar-refractivity contribution in [3.05, 3.63) is 83.0 Å². The highest BCUT2D eigenvalue weighted by Gasteiger charge is 2.13. The largest absolute Gasteiger partial charge is 0.478 e. The number of nitrogens with one attached hydrogen (secondary N) is 1. The molecule has 0 saturated heterocycles. The first-order valence-corrected chi connectivity index (χ1v) is 8.24. The van der Waals surface area contributed by atoms with Gasteiger partial charge in [-0.1, -0.05) is 41.9 Å². The van der Waals surface area contributed by atoms with Crippen LogP contribution < -0.4 is 5.32 Å². The highest BCUT2D eigenvalue weighted by molar-refractivity contribution is 6.31. The maximum atomic E-state index is 12.3. The van der Waals surface area contributed by atoms with Gasteiger partial charge in [0, 0.05) is 16.8 Å². The van der Waals surface area contributed by atoms with Crippen molar-refractivity contribution in [3.63, 3.8) is 0 Å². The summed E-state index contributed by atoms with van der Waals surface area (Å²) >= 11 is 5.89. The van der Waals surface area contributed by atoms with Crippen LogP contribution in [0, 0.1) is 0 Å². The zero-order valence-corrected chi connectivity index (χ0v) is 14.4. The van der Waals surface area contributed by atoms with Crippen LogP contribution in [0.3, 0.4) is 0 Å². The lowest BCUT2D eigenvalue weighted by Crippen LogP contribution is -2.16. The van der Waals surface area contributed by atoms with Gasteiger partial charge in [0.05, 0.1) is 23.4 Å². The summed E-state index contributed by atoms with van der Waals surface area (Å²) in [4.78, 5) is 27.8. The Balaban J connectivity index is 1.71. The molecule has 1 aromatic heterocycles. The van der Waals surface area contributed by atoms with Gasteiger partial charge in [-0.2, -0.15) is 0 Å². The van der Waals surface area contributed by atoms with Crippen molar-refractivity contribution in [2.75, 3.05) is 5.32 Å². The van der Waals surface area contributed by atoms with Crippen LogP contribution in [0.5, 0.6) is 0 Å². The fraction of sp³-hybridized carbons (Fsp3) is 0.0500. The molecule has 6 heteroatoms. The van der Waals surface area contributed by atoms with Crippen LogP contribution in [-0.2, 0) is 11.2 Å².